The van der Waals surface area contributed by atoms with Gasteiger partial charge in [-0.2, -0.15) is 0 Å². The van der Waals surface area contributed by atoms with Gasteiger partial charge in [-0.15, -0.1) is 0 Å². The van der Waals surface area contributed by atoms with Gasteiger partial charge in [0.1, 0.15) is 0 Å². The quantitative estimate of drug-likeness (QED) is 0.677. The molecule has 0 aliphatic carbocycles. The van der Waals surface area contributed by atoms with E-state index in [-0.39, 0.29) is 0 Å². The van der Waals surface area contributed by atoms with Crippen molar-refractivity contribution in [2.45, 2.75) is 6.29 Å². The molecule has 14 heavy (non-hydrogen) atoms. The van der Waals surface area contributed by atoms with Gasteiger partial charge in [-0.25, -0.2) is 4.79 Å². The van der Waals surface area contributed by atoms with Gasteiger partial charge in [0.25, 0.3) is 0 Å². The third-order valence-corrected chi connectivity index (χ3v) is 2.01. The Morgan fingerprint density at radius 3 is 2.93 bits per heavy atom. The molecular weight excluding hydrogens is 186 g/mol. The monoisotopic (exact) mass is 197 g/mol. The summed E-state index contributed by atoms with van der Waals surface area (Å²) in [6.07, 6.45) is 0.722. The van der Waals surface area contributed by atoms with E-state index in [1.807, 2.05) is 0 Å². The van der Waals surface area contributed by atoms with Crippen LogP contribution >= 0.6 is 0 Å². The van der Waals surface area contributed by atoms with Crippen LogP contribution in [-0.4, -0.2) is 31.0 Å². The molecule has 1 saturated heterocycles. The van der Waals surface area contributed by atoms with Gasteiger partial charge >= 0.3 is 6.09 Å². The number of aromatic nitrogens is 1. The van der Waals surface area contributed by atoms with Crippen LogP contribution in [0.3, 0.4) is 0 Å². The summed E-state index contributed by atoms with van der Waals surface area (Å²) in [5, 5.41) is 0. The number of nitrogens with zero attached hydrogens (tertiary/aromatic N) is 1. The third-order valence-electron chi connectivity index (χ3n) is 2.01. The second-order valence-electron chi connectivity index (χ2n) is 2.85. The molecule has 1 aliphatic heterocycles. The van der Waals surface area contributed by atoms with Crippen LogP contribution in [0.25, 0.3) is 0 Å². The number of rotatable bonds is 1. The van der Waals surface area contributed by atoms with Crippen molar-refractivity contribution in [2.24, 2.45) is 0 Å². The van der Waals surface area contributed by atoms with E-state index in [0.717, 1.165) is 0 Å². The molecule has 0 aromatic carbocycles. The maximum atomic E-state index is 11.3. The molecular formula is C9H11NO4. The predicted octanol–water partition coefficient (Wildman–Crippen LogP) is 1.15. The van der Waals surface area contributed by atoms with Crippen molar-refractivity contribution in [3.8, 4) is 0 Å². The number of ether oxygens (including phenoxy) is 3. The Bertz CT molecular complexity index is 327. The molecule has 5 heteroatoms. The van der Waals surface area contributed by atoms with Crippen molar-refractivity contribution in [2.75, 3.05) is 20.3 Å². The SMILES string of the molecule is COC(=O)n1cccc1C1OCCO1. The van der Waals surface area contributed by atoms with E-state index in [0.29, 0.717) is 18.9 Å². The normalized spacial score (nSPS) is 17.2. The Morgan fingerprint density at radius 2 is 2.29 bits per heavy atom. The molecule has 0 radical (unpaired) electrons. The van der Waals surface area contributed by atoms with Crippen molar-refractivity contribution in [3.63, 3.8) is 0 Å². The molecule has 2 rings (SSSR count). The van der Waals surface area contributed by atoms with E-state index in [2.05, 4.69) is 4.74 Å². The Labute approximate surface area is 81.2 Å². The molecule has 76 valence electrons. The van der Waals surface area contributed by atoms with Crippen molar-refractivity contribution < 1.29 is 19.0 Å². The summed E-state index contributed by atoms with van der Waals surface area (Å²) in [5.41, 5.74) is 0.661. The van der Waals surface area contributed by atoms with Gasteiger partial charge < -0.3 is 14.2 Å². The molecule has 0 unspecified atom stereocenters. The van der Waals surface area contributed by atoms with Crippen LogP contribution in [0.2, 0.25) is 0 Å². The summed E-state index contributed by atoms with van der Waals surface area (Å²) in [5.74, 6) is 0. The summed E-state index contributed by atoms with van der Waals surface area (Å²) in [6.45, 7) is 1.11. The minimum absolute atomic E-state index is 0.441. The average molecular weight is 197 g/mol. The fourth-order valence-electron chi connectivity index (χ4n) is 1.38. The largest absolute Gasteiger partial charge is 0.452 e. The summed E-state index contributed by atoms with van der Waals surface area (Å²) < 4.78 is 16.5. The number of hydrogen-bond acceptors (Lipinski definition) is 4. The van der Waals surface area contributed by atoms with Crippen LogP contribution < -0.4 is 0 Å². The van der Waals surface area contributed by atoms with Gasteiger partial charge in [-0.1, -0.05) is 0 Å². The van der Waals surface area contributed by atoms with E-state index in [1.54, 1.807) is 18.3 Å². The first-order valence-corrected chi connectivity index (χ1v) is 4.31. The lowest BCUT2D eigenvalue weighted by molar-refractivity contribution is -0.0490. The van der Waals surface area contributed by atoms with Crippen LogP contribution in [0, 0.1) is 0 Å². The van der Waals surface area contributed by atoms with Crippen LogP contribution in [0.4, 0.5) is 4.79 Å². The van der Waals surface area contributed by atoms with Gasteiger partial charge in [0.15, 0.2) is 6.29 Å². The molecule has 1 aliphatic rings. The summed E-state index contributed by atoms with van der Waals surface area (Å²) >= 11 is 0. The van der Waals surface area contributed by atoms with Crippen LogP contribution in [0.15, 0.2) is 18.3 Å². The first kappa shape index (κ1) is 9.23. The number of hydrogen-bond donors (Lipinski definition) is 0. The fraction of sp³-hybridized carbons (Fsp3) is 0.444. The molecule has 1 aromatic heterocycles. The zero-order valence-corrected chi connectivity index (χ0v) is 7.80. The van der Waals surface area contributed by atoms with Crippen LogP contribution in [0.5, 0.6) is 0 Å². The molecule has 0 bridgehead atoms. The molecule has 1 fully saturated rings. The van der Waals surface area contributed by atoms with Crippen molar-refractivity contribution >= 4 is 6.09 Å². The smallest absolute Gasteiger partial charge is 0.418 e. The molecule has 1 aromatic rings. The Hall–Kier alpha value is -1.33. The highest BCUT2D eigenvalue weighted by Gasteiger charge is 2.23. The lowest BCUT2D eigenvalue weighted by Gasteiger charge is -2.11. The molecule has 0 N–H and O–H groups in total. The average Bonchev–Trinajstić information content (AvgIpc) is 2.85. The summed E-state index contributed by atoms with van der Waals surface area (Å²) in [6, 6.07) is 3.52. The Balaban J connectivity index is 2.24. The molecule has 0 spiro atoms. The van der Waals surface area contributed by atoms with Crippen molar-refractivity contribution in [1.29, 1.82) is 0 Å². The number of carbonyl (C=O) groups excluding carboxylic acids is 1. The first-order valence-electron chi connectivity index (χ1n) is 4.31. The Kier molecular flexibility index (Phi) is 2.51. The second-order valence-corrected chi connectivity index (χ2v) is 2.85. The summed E-state index contributed by atoms with van der Waals surface area (Å²) in [7, 11) is 1.34. The lowest BCUT2D eigenvalue weighted by Crippen LogP contribution is -2.16. The molecule has 0 saturated carbocycles. The second kappa shape index (κ2) is 3.81. The van der Waals surface area contributed by atoms with Gasteiger partial charge in [0.2, 0.25) is 0 Å². The zero-order valence-electron chi connectivity index (χ0n) is 7.80. The minimum Gasteiger partial charge on any atom is -0.452 e. The molecule has 5 nitrogen and oxygen atoms in total. The van der Waals surface area contributed by atoms with Gasteiger partial charge in [0.05, 0.1) is 26.0 Å². The maximum Gasteiger partial charge on any atom is 0.418 e. The maximum absolute atomic E-state index is 11.3. The highest BCUT2D eigenvalue weighted by atomic mass is 16.7. The van der Waals surface area contributed by atoms with Crippen LogP contribution in [-0.2, 0) is 14.2 Å². The highest BCUT2D eigenvalue weighted by molar-refractivity contribution is 5.71. The van der Waals surface area contributed by atoms with E-state index < -0.39 is 12.4 Å². The van der Waals surface area contributed by atoms with Crippen LogP contribution in [0.1, 0.15) is 12.0 Å². The van der Waals surface area contributed by atoms with Crippen molar-refractivity contribution in [3.05, 3.63) is 24.0 Å². The lowest BCUT2D eigenvalue weighted by atomic mass is 10.4. The van der Waals surface area contributed by atoms with Crippen molar-refractivity contribution in [1.82, 2.24) is 4.57 Å². The van der Waals surface area contributed by atoms with Gasteiger partial charge in [-0.05, 0) is 12.1 Å². The third kappa shape index (κ3) is 1.51. The first-order chi connectivity index (χ1) is 6.83. The molecule has 0 amide bonds. The van der Waals surface area contributed by atoms with Gasteiger partial charge in [0, 0.05) is 6.20 Å². The predicted molar refractivity (Wildman–Crippen MR) is 46.9 cm³/mol. The molecule has 2 heterocycles. The highest BCUT2D eigenvalue weighted by Crippen LogP contribution is 2.23. The number of carbonyl (C=O) groups is 1. The van der Waals surface area contributed by atoms with Gasteiger partial charge in [-0.3, -0.25) is 4.57 Å². The zero-order chi connectivity index (χ0) is 9.97. The van der Waals surface area contributed by atoms with E-state index in [1.165, 1.54) is 11.7 Å². The minimum atomic E-state index is -0.455. The standard InChI is InChI=1S/C9H11NO4/c1-12-9(11)10-4-2-3-7(10)8-13-5-6-14-8/h2-4,8H,5-6H2,1H3. The molecule has 0 atom stereocenters. The Morgan fingerprint density at radius 1 is 1.57 bits per heavy atom. The number of methoxy groups -OCH3 is 1. The fourth-order valence-corrected chi connectivity index (χ4v) is 1.38. The summed E-state index contributed by atoms with van der Waals surface area (Å²) in [4.78, 5) is 11.3. The topological polar surface area (TPSA) is 49.7 Å². The van der Waals surface area contributed by atoms with E-state index in [9.17, 15) is 4.79 Å². The van der Waals surface area contributed by atoms with E-state index >= 15 is 0 Å². The van der Waals surface area contributed by atoms with E-state index in [4.69, 9.17) is 9.47 Å².